The van der Waals surface area contributed by atoms with Crippen LogP contribution in [0.4, 0.5) is 5.82 Å². The lowest BCUT2D eigenvalue weighted by Crippen LogP contribution is -2.38. The number of benzene rings is 2. The van der Waals surface area contributed by atoms with Gasteiger partial charge in [0.15, 0.2) is 0 Å². The lowest BCUT2D eigenvalue weighted by atomic mass is 10.1. The fourth-order valence-corrected chi connectivity index (χ4v) is 3.20. The van der Waals surface area contributed by atoms with Crippen molar-refractivity contribution in [3.05, 3.63) is 66.7 Å². The Morgan fingerprint density at radius 1 is 1.03 bits per heavy atom. The molecule has 1 heterocycles. The molecule has 1 aromatic heterocycles. The van der Waals surface area contributed by atoms with E-state index >= 15 is 0 Å². The van der Waals surface area contributed by atoms with Gasteiger partial charge in [-0.15, -0.1) is 0 Å². The molecule has 0 aliphatic carbocycles. The minimum absolute atomic E-state index is 0.0100. The summed E-state index contributed by atoms with van der Waals surface area (Å²) in [6.45, 7) is 6.38. The number of para-hydroxylation sites is 1. The maximum absolute atomic E-state index is 12.8. The van der Waals surface area contributed by atoms with E-state index in [1.807, 2.05) is 87.5 Å². The standard InChI is InChI=1S/C24H28N4O2/c1-4-27(24(30)15-18(2)3)17-23(29)25-22-16-21(19-11-7-5-8-12-19)26-28(22)20-13-9-6-10-14-20/h5-14,16,18H,4,15,17H2,1-3H3,(H,25,29). The molecule has 6 nitrogen and oxygen atoms in total. The second kappa shape index (κ2) is 9.87. The molecule has 2 aromatic carbocycles. The van der Waals surface area contributed by atoms with E-state index < -0.39 is 0 Å². The van der Waals surface area contributed by atoms with E-state index in [0.717, 1.165) is 16.9 Å². The van der Waals surface area contributed by atoms with E-state index in [-0.39, 0.29) is 24.3 Å². The Morgan fingerprint density at radius 3 is 2.27 bits per heavy atom. The summed E-state index contributed by atoms with van der Waals surface area (Å²) >= 11 is 0. The first-order valence-corrected chi connectivity index (χ1v) is 10.3. The number of rotatable bonds is 8. The number of hydrogen-bond acceptors (Lipinski definition) is 3. The molecule has 3 aromatic rings. The van der Waals surface area contributed by atoms with Gasteiger partial charge in [0.1, 0.15) is 5.82 Å². The van der Waals surface area contributed by atoms with E-state index in [4.69, 9.17) is 5.10 Å². The molecule has 1 N–H and O–H groups in total. The fourth-order valence-electron chi connectivity index (χ4n) is 3.20. The molecule has 156 valence electrons. The maximum Gasteiger partial charge on any atom is 0.245 e. The maximum atomic E-state index is 12.8. The zero-order valence-corrected chi connectivity index (χ0v) is 17.7. The molecule has 6 heteroatoms. The molecule has 30 heavy (non-hydrogen) atoms. The Hall–Kier alpha value is -3.41. The smallest absolute Gasteiger partial charge is 0.245 e. The van der Waals surface area contributed by atoms with Crippen molar-refractivity contribution in [2.75, 3.05) is 18.4 Å². The fraction of sp³-hybridized carbons (Fsp3) is 0.292. The highest BCUT2D eigenvalue weighted by atomic mass is 16.2. The Kier molecular flexibility index (Phi) is 7.01. The van der Waals surface area contributed by atoms with Crippen molar-refractivity contribution in [3.8, 4) is 16.9 Å². The van der Waals surface area contributed by atoms with Crippen LogP contribution < -0.4 is 5.32 Å². The van der Waals surface area contributed by atoms with Crippen LogP contribution in [-0.4, -0.2) is 39.6 Å². The number of likely N-dealkylation sites (N-methyl/N-ethyl adjacent to an activating group) is 1. The van der Waals surface area contributed by atoms with Gasteiger partial charge in [0.2, 0.25) is 11.8 Å². The molecule has 0 spiro atoms. The molecule has 0 aliphatic rings. The van der Waals surface area contributed by atoms with Gasteiger partial charge in [-0.1, -0.05) is 62.4 Å². The second-order valence-electron chi connectivity index (χ2n) is 7.58. The lowest BCUT2D eigenvalue weighted by molar-refractivity contribution is -0.135. The Bertz CT molecular complexity index is 981. The number of amides is 2. The first-order chi connectivity index (χ1) is 14.5. The molecule has 0 bridgehead atoms. The van der Waals surface area contributed by atoms with Crippen molar-refractivity contribution >= 4 is 17.6 Å². The molecule has 0 saturated heterocycles. The highest BCUT2D eigenvalue weighted by molar-refractivity contribution is 5.94. The van der Waals surface area contributed by atoms with Crippen molar-refractivity contribution in [3.63, 3.8) is 0 Å². The van der Waals surface area contributed by atoms with Gasteiger partial charge in [-0.2, -0.15) is 5.10 Å². The molecule has 0 fully saturated rings. The summed E-state index contributed by atoms with van der Waals surface area (Å²) in [7, 11) is 0. The molecule has 0 radical (unpaired) electrons. The molecule has 0 atom stereocenters. The van der Waals surface area contributed by atoms with Crippen molar-refractivity contribution in [1.29, 1.82) is 0 Å². The van der Waals surface area contributed by atoms with Gasteiger partial charge in [0.05, 0.1) is 17.9 Å². The summed E-state index contributed by atoms with van der Waals surface area (Å²) in [5, 5.41) is 7.64. The minimum atomic E-state index is -0.245. The van der Waals surface area contributed by atoms with Crippen LogP contribution in [0.2, 0.25) is 0 Å². The number of carbonyl (C=O) groups excluding carboxylic acids is 2. The quantitative estimate of drug-likeness (QED) is 0.606. The third kappa shape index (κ3) is 5.35. The highest BCUT2D eigenvalue weighted by Crippen LogP contribution is 2.24. The monoisotopic (exact) mass is 404 g/mol. The van der Waals surface area contributed by atoms with Crippen LogP contribution in [0, 0.1) is 5.92 Å². The summed E-state index contributed by atoms with van der Waals surface area (Å²) in [5.41, 5.74) is 2.57. The van der Waals surface area contributed by atoms with Crippen molar-refractivity contribution < 1.29 is 9.59 Å². The van der Waals surface area contributed by atoms with Gasteiger partial charge in [0, 0.05) is 24.6 Å². The summed E-state index contributed by atoms with van der Waals surface area (Å²) in [5.74, 6) is 0.565. The van der Waals surface area contributed by atoms with Crippen LogP contribution in [0.1, 0.15) is 27.2 Å². The zero-order chi connectivity index (χ0) is 21.5. The van der Waals surface area contributed by atoms with Crippen molar-refractivity contribution in [2.45, 2.75) is 27.2 Å². The van der Waals surface area contributed by atoms with E-state index in [1.54, 1.807) is 9.58 Å². The SMILES string of the molecule is CCN(CC(=O)Nc1cc(-c2ccccc2)nn1-c1ccccc1)C(=O)CC(C)C. The van der Waals surface area contributed by atoms with Crippen LogP contribution >= 0.6 is 0 Å². The highest BCUT2D eigenvalue weighted by Gasteiger charge is 2.19. The van der Waals surface area contributed by atoms with Gasteiger partial charge in [-0.25, -0.2) is 4.68 Å². The number of nitrogens with zero attached hydrogens (tertiary/aromatic N) is 3. The predicted octanol–water partition coefficient (Wildman–Crippen LogP) is 4.37. The molecule has 0 aliphatic heterocycles. The summed E-state index contributed by atoms with van der Waals surface area (Å²) in [6, 6.07) is 21.3. The summed E-state index contributed by atoms with van der Waals surface area (Å²) in [6.07, 6.45) is 0.432. The van der Waals surface area contributed by atoms with Gasteiger partial charge in [-0.3, -0.25) is 9.59 Å². The van der Waals surface area contributed by atoms with Crippen LogP contribution in [0.5, 0.6) is 0 Å². The Morgan fingerprint density at radius 2 is 1.67 bits per heavy atom. The van der Waals surface area contributed by atoms with E-state index in [0.29, 0.717) is 18.8 Å². The molecular weight excluding hydrogens is 376 g/mol. The molecule has 0 saturated carbocycles. The molecule has 0 unspecified atom stereocenters. The van der Waals surface area contributed by atoms with Crippen LogP contribution in [0.15, 0.2) is 66.7 Å². The van der Waals surface area contributed by atoms with Crippen molar-refractivity contribution in [2.24, 2.45) is 5.92 Å². The molecule has 2 amide bonds. The zero-order valence-electron chi connectivity index (χ0n) is 17.7. The van der Waals surface area contributed by atoms with Crippen LogP contribution in [0.25, 0.3) is 16.9 Å². The third-order valence-electron chi connectivity index (χ3n) is 4.70. The minimum Gasteiger partial charge on any atom is -0.334 e. The van der Waals surface area contributed by atoms with E-state index in [9.17, 15) is 9.59 Å². The number of carbonyl (C=O) groups is 2. The number of nitrogens with one attached hydrogen (secondary N) is 1. The van der Waals surface area contributed by atoms with Crippen molar-refractivity contribution in [1.82, 2.24) is 14.7 Å². The molecular formula is C24H28N4O2. The average Bonchev–Trinajstić information content (AvgIpc) is 3.16. The number of anilines is 1. The first kappa shape index (κ1) is 21.3. The first-order valence-electron chi connectivity index (χ1n) is 10.3. The van der Waals surface area contributed by atoms with Crippen LogP contribution in [0.3, 0.4) is 0 Å². The van der Waals surface area contributed by atoms with Gasteiger partial charge in [0.25, 0.3) is 0 Å². The lowest BCUT2D eigenvalue weighted by Gasteiger charge is -2.21. The summed E-state index contributed by atoms with van der Waals surface area (Å²) < 4.78 is 1.71. The summed E-state index contributed by atoms with van der Waals surface area (Å²) in [4.78, 5) is 26.7. The number of hydrogen-bond donors (Lipinski definition) is 1. The topological polar surface area (TPSA) is 67.2 Å². The second-order valence-corrected chi connectivity index (χ2v) is 7.58. The Labute approximate surface area is 177 Å². The van der Waals surface area contributed by atoms with E-state index in [2.05, 4.69) is 5.32 Å². The Balaban J connectivity index is 1.84. The van der Waals surface area contributed by atoms with Gasteiger partial charge >= 0.3 is 0 Å². The van der Waals surface area contributed by atoms with E-state index in [1.165, 1.54) is 0 Å². The number of aromatic nitrogens is 2. The average molecular weight is 405 g/mol. The molecule has 3 rings (SSSR count). The van der Waals surface area contributed by atoms with Crippen LogP contribution in [-0.2, 0) is 9.59 Å². The third-order valence-corrected chi connectivity index (χ3v) is 4.70. The van der Waals surface area contributed by atoms with Gasteiger partial charge < -0.3 is 10.2 Å². The normalized spacial score (nSPS) is 10.8. The predicted molar refractivity (Wildman–Crippen MR) is 119 cm³/mol. The van der Waals surface area contributed by atoms with Gasteiger partial charge in [-0.05, 0) is 25.0 Å². The largest absolute Gasteiger partial charge is 0.334 e.